The SMILES string of the molecule is CCCN(C(C)=O)C1(C(=O)O)CCCC1C. The molecule has 0 aliphatic heterocycles. The first-order chi connectivity index (χ1) is 7.46. The van der Waals surface area contributed by atoms with E-state index in [-0.39, 0.29) is 11.8 Å². The van der Waals surface area contributed by atoms with E-state index in [0.717, 1.165) is 19.3 Å². The minimum Gasteiger partial charge on any atom is -0.479 e. The van der Waals surface area contributed by atoms with Crippen molar-refractivity contribution in [2.75, 3.05) is 6.54 Å². The summed E-state index contributed by atoms with van der Waals surface area (Å²) >= 11 is 0. The van der Waals surface area contributed by atoms with Gasteiger partial charge < -0.3 is 10.0 Å². The van der Waals surface area contributed by atoms with Gasteiger partial charge in [-0.2, -0.15) is 0 Å². The van der Waals surface area contributed by atoms with Gasteiger partial charge in [-0.25, -0.2) is 4.79 Å². The van der Waals surface area contributed by atoms with E-state index in [1.165, 1.54) is 6.92 Å². The van der Waals surface area contributed by atoms with Gasteiger partial charge in [0.15, 0.2) is 0 Å². The Labute approximate surface area is 96.6 Å². The number of carbonyl (C=O) groups is 2. The molecule has 0 bridgehead atoms. The number of hydrogen-bond donors (Lipinski definition) is 1. The number of carboxylic acids is 1. The molecule has 1 aliphatic rings. The van der Waals surface area contributed by atoms with Crippen LogP contribution in [0.25, 0.3) is 0 Å². The predicted octanol–water partition coefficient (Wildman–Crippen LogP) is 1.89. The van der Waals surface area contributed by atoms with Gasteiger partial charge in [0.1, 0.15) is 5.54 Å². The van der Waals surface area contributed by atoms with Crippen molar-refractivity contribution in [3.8, 4) is 0 Å². The van der Waals surface area contributed by atoms with E-state index in [2.05, 4.69) is 0 Å². The maximum Gasteiger partial charge on any atom is 0.329 e. The van der Waals surface area contributed by atoms with Gasteiger partial charge in [-0.3, -0.25) is 4.79 Å². The molecule has 0 saturated heterocycles. The first-order valence-corrected chi connectivity index (χ1v) is 5.98. The van der Waals surface area contributed by atoms with Crippen LogP contribution in [0.2, 0.25) is 0 Å². The summed E-state index contributed by atoms with van der Waals surface area (Å²) in [7, 11) is 0. The molecule has 4 heteroatoms. The molecule has 0 aromatic rings. The number of aliphatic carboxylic acids is 1. The molecule has 92 valence electrons. The molecule has 16 heavy (non-hydrogen) atoms. The van der Waals surface area contributed by atoms with Crippen LogP contribution in [-0.2, 0) is 9.59 Å². The summed E-state index contributed by atoms with van der Waals surface area (Å²) in [5, 5.41) is 9.49. The average molecular weight is 227 g/mol. The van der Waals surface area contributed by atoms with Crippen LogP contribution in [0.3, 0.4) is 0 Å². The Morgan fingerprint density at radius 1 is 1.50 bits per heavy atom. The number of carbonyl (C=O) groups excluding carboxylic acids is 1. The van der Waals surface area contributed by atoms with Crippen molar-refractivity contribution in [1.82, 2.24) is 4.90 Å². The van der Waals surface area contributed by atoms with E-state index in [1.807, 2.05) is 13.8 Å². The summed E-state index contributed by atoms with van der Waals surface area (Å²) in [5.41, 5.74) is -0.957. The predicted molar refractivity (Wildman–Crippen MR) is 61.1 cm³/mol. The van der Waals surface area contributed by atoms with Gasteiger partial charge in [-0.15, -0.1) is 0 Å². The fourth-order valence-electron chi connectivity index (χ4n) is 2.86. The van der Waals surface area contributed by atoms with E-state index in [0.29, 0.717) is 13.0 Å². The minimum absolute atomic E-state index is 0.0421. The number of hydrogen-bond acceptors (Lipinski definition) is 2. The summed E-state index contributed by atoms with van der Waals surface area (Å²) in [5.74, 6) is -0.931. The third-order valence-corrected chi connectivity index (χ3v) is 3.69. The third kappa shape index (κ3) is 1.93. The van der Waals surface area contributed by atoms with Crippen molar-refractivity contribution in [3.05, 3.63) is 0 Å². The molecular weight excluding hydrogens is 206 g/mol. The molecule has 2 atom stereocenters. The normalized spacial score (nSPS) is 29.1. The van der Waals surface area contributed by atoms with Gasteiger partial charge >= 0.3 is 5.97 Å². The molecule has 0 spiro atoms. The Bertz CT molecular complexity index is 290. The highest BCUT2D eigenvalue weighted by atomic mass is 16.4. The van der Waals surface area contributed by atoms with Gasteiger partial charge in [-0.05, 0) is 25.2 Å². The molecule has 0 aromatic carbocycles. The second-order valence-electron chi connectivity index (χ2n) is 4.69. The van der Waals surface area contributed by atoms with Crippen molar-refractivity contribution in [2.45, 2.75) is 52.0 Å². The zero-order valence-electron chi connectivity index (χ0n) is 10.3. The summed E-state index contributed by atoms with van der Waals surface area (Å²) in [6.45, 7) is 5.90. The van der Waals surface area contributed by atoms with Crippen LogP contribution in [0.1, 0.15) is 46.5 Å². The first kappa shape index (κ1) is 13.0. The van der Waals surface area contributed by atoms with Crippen molar-refractivity contribution >= 4 is 11.9 Å². The topological polar surface area (TPSA) is 57.6 Å². The Morgan fingerprint density at radius 3 is 2.44 bits per heavy atom. The summed E-state index contributed by atoms with van der Waals surface area (Å²) in [4.78, 5) is 24.8. The molecule has 2 unspecified atom stereocenters. The third-order valence-electron chi connectivity index (χ3n) is 3.69. The quantitative estimate of drug-likeness (QED) is 0.797. The first-order valence-electron chi connectivity index (χ1n) is 5.98. The average Bonchev–Trinajstić information content (AvgIpc) is 2.57. The van der Waals surface area contributed by atoms with Crippen LogP contribution in [-0.4, -0.2) is 34.0 Å². The molecule has 1 saturated carbocycles. The van der Waals surface area contributed by atoms with Gasteiger partial charge in [0, 0.05) is 13.5 Å². The fourth-order valence-corrected chi connectivity index (χ4v) is 2.86. The molecule has 1 fully saturated rings. The van der Waals surface area contributed by atoms with Crippen LogP contribution in [0.4, 0.5) is 0 Å². The molecule has 4 nitrogen and oxygen atoms in total. The summed E-state index contributed by atoms with van der Waals surface area (Å²) in [6.07, 6.45) is 3.16. The Balaban J connectivity index is 3.08. The highest BCUT2D eigenvalue weighted by Gasteiger charge is 2.52. The second kappa shape index (κ2) is 4.85. The van der Waals surface area contributed by atoms with Crippen LogP contribution < -0.4 is 0 Å². The standard InChI is InChI=1S/C12H21NO3/c1-4-8-13(10(3)14)12(11(15)16)7-5-6-9(12)2/h9H,4-8H2,1-3H3,(H,15,16). The lowest BCUT2D eigenvalue weighted by molar-refractivity contribution is -0.161. The Kier molecular flexibility index (Phi) is 3.94. The zero-order chi connectivity index (χ0) is 12.3. The molecule has 0 aromatic heterocycles. The molecule has 0 heterocycles. The Morgan fingerprint density at radius 2 is 2.12 bits per heavy atom. The maximum atomic E-state index is 11.6. The van der Waals surface area contributed by atoms with Crippen molar-refractivity contribution < 1.29 is 14.7 Å². The van der Waals surface area contributed by atoms with Crippen LogP contribution in [0.5, 0.6) is 0 Å². The molecule has 0 radical (unpaired) electrons. The number of nitrogens with zero attached hydrogens (tertiary/aromatic N) is 1. The van der Waals surface area contributed by atoms with Gasteiger partial charge in [0.2, 0.25) is 5.91 Å². The molecule has 1 rings (SSSR count). The van der Waals surface area contributed by atoms with E-state index in [4.69, 9.17) is 0 Å². The van der Waals surface area contributed by atoms with E-state index in [9.17, 15) is 14.7 Å². The molecule has 1 amide bonds. The van der Waals surface area contributed by atoms with Gasteiger partial charge in [0.05, 0.1) is 0 Å². The molecule has 1 aliphatic carbocycles. The fraction of sp³-hybridized carbons (Fsp3) is 0.833. The number of rotatable bonds is 4. The molecule has 1 N–H and O–H groups in total. The van der Waals surface area contributed by atoms with Crippen molar-refractivity contribution in [2.24, 2.45) is 5.92 Å². The zero-order valence-corrected chi connectivity index (χ0v) is 10.3. The van der Waals surface area contributed by atoms with E-state index in [1.54, 1.807) is 4.90 Å². The maximum absolute atomic E-state index is 11.6. The van der Waals surface area contributed by atoms with Crippen molar-refractivity contribution in [3.63, 3.8) is 0 Å². The second-order valence-corrected chi connectivity index (χ2v) is 4.69. The summed E-state index contributed by atoms with van der Waals surface area (Å²) < 4.78 is 0. The monoisotopic (exact) mass is 227 g/mol. The Hall–Kier alpha value is -1.06. The lowest BCUT2D eigenvalue weighted by Gasteiger charge is -2.40. The van der Waals surface area contributed by atoms with Gasteiger partial charge in [0.25, 0.3) is 0 Å². The summed E-state index contributed by atoms with van der Waals surface area (Å²) in [6, 6.07) is 0. The van der Waals surface area contributed by atoms with E-state index >= 15 is 0 Å². The molecular formula is C12H21NO3. The number of carboxylic acid groups (broad SMARTS) is 1. The number of amides is 1. The minimum atomic E-state index is -0.957. The van der Waals surface area contributed by atoms with E-state index < -0.39 is 11.5 Å². The lowest BCUT2D eigenvalue weighted by atomic mass is 9.86. The van der Waals surface area contributed by atoms with Crippen molar-refractivity contribution in [1.29, 1.82) is 0 Å². The smallest absolute Gasteiger partial charge is 0.329 e. The van der Waals surface area contributed by atoms with Gasteiger partial charge in [-0.1, -0.05) is 20.3 Å². The van der Waals surface area contributed by atoms with Crippen LogP contribution in [0.15, 0.2) is 0 Å². The van der Waals surface area contributed by atoms with Crippen LogP contribution >= 0.6 is 0 Å². The van der Waals surface area contributed by atoms with Crippen LogP contribution in [0, 0.1) is 5.92 Å². The largest absolute Gasteiger partial charge is 0.479 e. The highest BCUT2D eigenvalue weighted by molar-refractivity contribution is 5.86. The highest BCUT2D eigenvalue weighted by Crippen LogP contribution is 2.40. The lowest BCUT2D eigenvalue weighted by Crippen LogP contribution is -2.58.